The molecular weight excluding hydrogens is 331 g/mol. The molecule has 2 aromatic rings. The Balaban J connectivity index is 2.26. The standard InChI is InChI=1S/C17H20BrFN2/c1-3-8-20-16(15-10-12(2)7-9-21-15)11-13-5-4-6-14(19)17(13)18/h4-7,9-10,16,20H,3,8,11H2,1-2H3. The molecule has 0 spiro atoms. The zero-order chi connectivity index (χ0) is 15.2. The molecule has 1 atom stereocenters. The number of nitrogens with one attached hydrogen (secondary N) is 1. The van der Waals surface area contributed by atoms with Crippen molar-refractivity contribution in [1.29, 1.82) is 0 Å². The lowest BCUT2D eigenvalue weighted by molar-refractivity contribution is 0.514. The molecule has 0 amide bonds. The predicted molar refractivity (Wildman–Crippen MR) is 87.8 cm³/mol. The second kappa shape index (κ2) is 7.66. The van der Waals surface area contributed by atoms with Crippen LogP contribution in [0, 0.1) is 12.7 Å². The van der Waals surface area contributed by atoms with Crippen molar-refractivity contribution in [2.75, 3.05) is 6.54 Å². The number of halogens is 2. The summed E-state index contributed by atoms with van der Waals surface area (Å²) >= 11 is 3.34. The Labute approximate surface area is 133 Å². The highest BCUT2D eigenvalue weighted by atomic mass is 79.9. The van der Waals surface area contributed by atoms with Crippen LogP contribution in [0.3, 0.4) is 0 Å². The van der Waals surface area contributed by atoms with Gasteiger partial charge in [0.15, 0.2) is 0 Å². The Morgan fingerprint density at radius 2 is 2.14 bits per heavy atom. The van der Waals surface area contributed by atoms with Crippen molar-refractivity contribution < 1.29 is 4.39 Å². The molecule has 1 unspecified atom stereocenters. The van der Waals surface area contributed by atoms with Crippen molar-refractivity contribution in [3.8, 4) is 0 Å². The maximum atomic E-state index is 13.7. The van der Waals surface area contributed by atoms with E-state index < -0.39 is 0 Å². The summed E-state index contributed by atoms with van der Waals surface area (Å²) < 4.78 is 14.2. The van der Waals surface area contributed by atoms with E-state index in [1.165, 1.54) is 11.6 Å². The topological polar surface area (TPSA) is 24.9 Å². The second-order valence-corrected chi connectivity index (χ2v) is 5.97. The lowest BCUT2D eigenvalue weighted by Gasteiger charge is -2.19. The molecule has 1 heterocycles. The summed E-state index contributed by atoms with van der Waals surface area (Å²) in [7, 11) is 0. The van der Waals surface area contributed by atoms with E-state index in [1.807, 2.05) is 18.3 Å². The summed E-state index contributed by atoms with van der Waals surface area (Å²) in [6, 6.07) is 9.31. The SMILES string of the molecule is CCCNC(Cc1cccc(F)c1Br)c1cc(C)ccn1. The highest BCUT2D eigenvalue weighted by Gasteiger charge is 2.16. The molecule has 0 aliphatic carbocycles. The smallest absolute Gasteiger partial charge is 0.137 e. The Kier molecular flexibility index (Phi) is 5.88. The van der Waals surface area contributed by atoms with Crippen LogP contribution in [0.4, 0.5) is 4.39 Å². The molecule has 0 saturated carbocycles. The van der Waals surface area contributed by atoms with Gasteiger partial charge in [-0.1, -0.05) is 19.1 Å². The molecule has 1 aromatic heterocycles. The first-order valence-corrected chi connectivity index (χ1v) is 8.00. The van der Waals surface area contributed by atoms with Crippen molar-refractivity contribution in [1.82, 2.24) is 10.3 Å². The summed E-state index contributed by atoms with van der Waals surface area (Å²) in [6.07, 6.45) is 3.58. The van der Waals surface area contributed by atoms with E-state index in [4.69, 9.17) is 0 Å². The van der Waals surface area contributed by atoms with Crippen LogP contribution < -0.4 is 5.32 Å². The number of aromatic nitrogens is 1. The lowest BCUT2D eigenvalue weighted by atomic mass is 10.0. The van der Waals surface area contributed by atoms with E-state index in [1.54, 1.807) is 6.07 Å². The molecule has 0 saturated heterocycles. The van der Waals surface area contributed by atoms with Gasteiger partial charge in [-0.3, -0.25) is 4.98 Å². The summed E-state index contributed by atoms with van der Waals surface area (Å²) in [4.78, 5) is 4.47. The highest BCUT2D eigenvalue weighted by Crippen LogP contribution is 2.25. The fraction of sp³-hybridized carbons (Fsp3) is 0.353. The Morgan fingerprint density at radius 3 is 2.86 bits per heavy atom. The number of nitrogens with zero attached hydrogens (tertiary/aromatic N) is 1. The van der Waals surface area contributed by atoms with Crippen molar-refractivity contribution in [2.24, 2.45) is 0 Å². The maximum Gasteiger partial charge on any atom is 0.137 e. The second-order valence-electron chi connectivity index (χ2n) is 5.18. The molecule has 1 N–H and O–H groups in total. The number of rotatable bonds is 6. The van der Waals surface area contributed by atoms with Gasteiger partial charge in [-0.15, -0.1) is 0 Å². The predicted octanol–water partition coefficient (Wildman–Crippen LogP) is 4.58. The van der Waals surface area contributed by atoms with Crippen molar-refractivity contribution >= 4 is 15.9 Å². The van der Waals surface area contributed by atoms with Crippen LogP contribution in [-0.4, -0.2) is 11.5 Å². The van der Waals surface area contributed by atoms with E-state index in [0.717, 1.165) is 24.2 Å². The first kappa shape index (κ1) is 16.1. The molecule has 0 fully saturated rings. The molecular formula is C17H20BrFN2. The first-order valence-electron chi connectivity index (χ1n) is 7.20. The Morgan fingerprint density at radius 1 is 1.33 bits per heavy atom. The third-order valence-electron chi connectivity index (χ3n) is 3.39. The van der Waals surface area contributed by atoms with Gasteiger partial charge in [-0.25, -0.2) is 4.39 Å². The molecule has 2 rings (SSSR count). The fourth-order valence-electron chi connectivity index (χ4n) is 2.28. The zero-order valence-electron chi connectivity index (χ0n) is 12.4. The van der Waals surface area contributed by atoms with Crippen molar-refractivity contribution in [2.45, 2.75) is 32.7 Å². The van der Waals surface area contributed by atoms with Gasteiger partial charge in [0.2, 0.25) is 0 Å². The molecule has 2 nitrogen and oxygen atoms in total. The average Bonchev–Trinajstić information content (AvgIpc) is 2.47. The minimum absolute atomic E-state index is 0.0861. The summed E-state index contributed by atoms with van der Waals surface area (Å²) in [5.41, 5.74) is 3.13. The normalized spacial score (nSPS) is 12.4. The first-order chi connectivity index (χ1) is 10.1. The van der Waals surface area contributed by atoms with Crippen LogP contribution in [0.5, 0.6) is 0 Å². The lowest BCUT2D eigenvalue weighted by Crippen LogP contribution is -2.25. The average molecular weight is 351 g/mol. The number of hydrogen-bond donors (Lipinski definition) is 1. The molecule has 0 aliphatic heterocycles. The third-order valence-corrected chi connectivity index (χ3v) is 4.28. The number of hydrogen-bond acceptors (Lipinski definition) is 2. The van der Waals surface area contributed by atoms with Crippen molar-refractivity contribution in [3.05, 3.63) is 63.6 Å². The minimum Gasteiger partial charge on any atom is -0.308 e. The van der Waals surface area contributed by atoms with Crippen LogP contribution in [0.1, 0.15) is 36.2 Å². The Hall–Kier alpha value is -1.26. The molecule has 0 bridgehead atoms. The summed E-state index contributed by atoms with van der Waals surface area (Å²) in [5.74, 6) is -0.223. The molecule has 21 heavy (non-hydrogen) atoms. The van der Waals surface area contributed by atoms with Gasteiger partial charge in [0, 0.05) is 6.20 Å². The van der Waals surface area contributed by atoms with Gasteiger partial charge in [0.05, 0.1) is 16.2 Å². The molecule has 0 radical (unpaired) electrons. The number of benzene rings is 1. The molecule has 4 heteroatoms. The Bertz CT molecular complexity index is 601. The van der Waals surface area contributed by atoms with Gasteiger partial charge in [0.1, 0.15) is 5.82 Å². The number of pyridine rings is 1. The van der Waals surface area contributed by atoms with Crippen LogP contribution in [-0.2, 0) is 6.42 Å². The third kappa shape index (κ3) is 4.35. The summed E-state index contributed by atoms with van der Waals surface area (Å²) in [5, 5.41) is 3.50. The van der Waals surface area contributed by atoms with E-state index >= 15 is 0 Å². The maximum absolute atomic E-state index is 13.7. The van der Waals surface area contributed by atoms with E-state index in [9.17, 15) is 4.39 Å². The van der Waals surface area contributed by atoms with E-state index in [2.05, 4.69) is 46.1 Å². The van der Waals surface area contributed by atoms with Gasteiger partial charge >= 0.3 is 0 Å². The van der Waals surface area contributed by atoms with Crippen LogP contribution in [0.15, 0.2) is 41.0 Å². The van der Waals surface area contributed by atoms with Gasteiger partial charge in [-0.05, 0) is 71.6 Å². The van der Waals surface area contributed by atoms with E-state index in [0.29, 0.717) is 10.9 Å². The quantitative estimate of drug-likeness (QED) is 0.824. The van der Waals surface area contributed by atoms with Gasteiger partial charge in [-0.2, -0.15) is 0 Å². The van der Waals surface area contributed by atoms with Crippen molar-refractivity contribution in [3.63, 3.8) is 0 Å². The minimum atomic E-state index is -0.223. The van der Waals surface area contributed by atoms with Crippen LogP contribution in [0.25, 0.3) is 0 Å². The van der Waals surface area contributed by atoms with Crippen LogP contribution >= 0.6 is 15.9 Å². The monoisotopic (exact) mass is 350 g/mol. The van der Waals surface area contributed by atoms with E-state index in [-0.39, 0.29) is 11.9 Å². The number of aryl methyl sites for hydroxylation is 1. The zero-order valence-corrected chi connectivity index (χ0v) is 14.0. The molecule has 112 valence electrons. The highest BCUT2D eigenvalue weighted by molar-refractivity contribution is 9.10. The summed E-state index contributed by atoms with van der Waals surface area (Å²) in [6.45, 7) is 5.10. The van der Waals surface area contributed by atoms with Gasteiger partial charge < -0.3 is 5.32 Å². The molecule has 0 aliphatic rings. The van der Waals surface area contributed by atoms with Crippen LogP contribution in [0.2, 0.25) is 0 Å². The molecule has 1 aromatic carbocycles. The van der Waals surface area contributed by atoms with Gasteiger partial charge in [0.25, 0.3) is 0 Å². The fourth-order valence-corrected chi connectivity index (χ4v) is 2.70. The largest absolute Gasteiger partial charge is 0.308 e.